The van der Waals surface area contributed by atoms with Crippen LogP contribution in [0.2, 0.25) is 0 Å². The summed E-state index contributed by atoms with van der Waals surface area (Å²) in [4.78, 5) is 32.0. The first-order valence-corrected chi connectivity index (χ1v) is 38.3. The highest BCUT2D eigenvalue weighted by atomic mass is 16.3. The highest BCUT2D eigenvalue weighted by molar-refractivity contribution is 6.18. The maximum Gasteiger partial charge on any atom is 0.238 e. The molecule has 8 heterocycles. The van der Waals surface area contributed by atoms with Gasteiger partial charge in [-0.05, 0) is 143 Å². The minimum atomic E-state index is 0.496. The second kappa shape index (κ2) is 24.9. The molecule has 24 rings (SSSR count). The van der Waals surface area contributed by atoms with Crippen LogP contribution < -0.4 is 0 Å². The molecule has 24 aromatic rings. The summed E-state index contributed by atoms with van der Waals surface area (Å²) in [5.74, 6) is 3.13. The number of fused-ring (bicyclic) bond motifs is 18. The van der Waals surface area contributed by atoms with E-state index in [-0.39, 0.29) is 0 Å². The molecule has 0 amide bonds. The van der Waals surface area contributed by atoms with E-state index in [9.17, 15) is 0 Å². The van der Waals surface area contributed by atoms with Gasteiger partial charge in [-0.25, -0.2) is 9.97 Å². The van der Waals surface area contributed by atoms with Crippen LogP contribution in [0.5, 0.6) is 0 Å². The Balaban J connectivity index is 0.587. The Morgan fingerprint density at radius 1 is 0.175 bits per heavy atom. The van der Waals surface area contributed by atoms with Gasteiger partial charge in [0.15, 0.2) is 23.3 Å². The van der Waals surface area contributed by atoms with Crippen LogP contribution in [0, 0.1) is 0 Å². The molecule has 16 aromatic carbocycles. The van der Waals surface area contributed by atoms with Crippen molar-refractivity contribution in [2.75, 3.05) is 0 Å². The van der Waals surface area contributed by atoms with E-state index in [1.807, 2.05) is 30.3 Å². The van der Waals surface area contributed by atoms with Crippen LogP contribution in [0.3, 0.4) is 0 Å². The van der Waals surface area contributed by atoms with Gasteiger partial charge in [-0.1, -0.05) is 243 Å². The average molecular weight is 1460 g/mol. The zero-order valence-corrected chi connectivity index (χ0v) is 60.9. The molecule has 530 valence electrons. The van der Waals surface area contributed by atoms with E-state index in [2.05, 4.69) is 352 Å². The molecule has 0 saturated carbocycles. The lowest BCUT2D eigenvalue weighted by Crippen LogP contribution is -2.06. The van der Waals surface area contributed by atoms with Crippen LogP contribution in [0.15, 0.2) is 373 Å². The van der Waals surface area contributed by atoms with Gasteiger partial charge in [0.1, 0.15) is 22.3 Å². The topological polar surface area (TPSA) is 123 Å². The Morgan fingerprint density at radius 3 is 0.982 bits per heavy atom. The normalized spacial score (nSPS) is 12.0. The van der Waals surface area contributed by atoms with E-state index in [1.165, 1.54) is 43.8 Å². The Morgan fingerprint density at radius 2 is 0.491 bits per heavy atom. The molecule has 0 N–H and O–H groups in total. The fourth-order valence-electron chi connectivity index (χ4n) is 17.7. The minimum absolute atomic E-state index is 0.496. The Kier molecular flexibility index (Phi) is 13.8. The van der Waals surface area contributed by atoms with E-state index in [4.69, 9.17) is 38.7 Å². The van der Waals surface area contributed by atoms with Gasteiger partial charge >= 0.3 is 0 Å². The lowest BCUT2D eigenvalue weighted by atomic mass is 9.99. The van der Waals surface area contributed by atoms with Crippen LogP contribution in [-0.2, 0) is 0 Å². The van der Waals surface area contributed by atoms with Crippen LogP contribution in [0.1, 0.15) is 0 Å². The molecule has 0 spiro atoms. The highest BCUT2D eigenvalue weighted by Gasteiger charge is 2.25. The molecule has 0 aliphatic rings. The van der Waals surface area contributed by atoms with Gasteiger partial charge in [0.05, 0.1) is 44.1 Å². The van der Waals surface area contributed by atoms with Gasteiger partial charge < -0.3 is 18.0 Å². The third-order valence-corrected chi connectivity index (χ3v) is 22.9. The number of nitrogens with zero attached hydrogens (tertiary/aromatic N) is 10. The maximum atomic E-state index is 6.91. The van der Waals surface area contributed by atoms with Crippen molar-refractivity contribution in [3.05, 3.63) is 364 Å². The summed E-state index contributed by atoms with van der Waals surface area (Å²) >= 11 is 0. The third kappa shape index (κ3) is 9.90. The maximum absolute atomic E-state index is 6.91. The molecule has 8 aromatic heterocycles. The van der Waals surface area contributed by atoms with E-state index >= 15 is 0 Å². The number of para-hydroxylation sites is 5. The summed E-state index contributed by atoms with van der Waals surface area (Å²) in [6, 6.07) is 128. The summed E-state index contributed by atoms with van der Waals surface area (Å²) in [6.45, 7) is 0. The largest absolute Gasteiger partial charge is 0.456 e. The summed E-state index contributed by atoms with van der Waals surface area (Å²) in [7, 11) is 0. The molecular weight excluding hydrogens is 1400 g/mol. The predicted molar refractivity (Wildman–Crippen MR) is 463 cm³/mol. The van der Waals surface area contributed by atoms with Crippen molar-refractivity contribution in [3.63, 3.8) is 0 Å². The molecule has 0 fully saturated rings. The lowest BCUT2D eigenvalue weighted by Gasteiger charge is -2.12. The van der Waals surface area contributed by atoms with Crippen LogP contribution in [-0.4, -0.2) is 48.2 Å². The van der Waals surface area contributed by atoms with Gasteiger partial charge in [-0.15, -0.1) is 0 Å². The van der Waals surface area contributed by atoms with Crippen LogP contribution in [0.25, 0.3) is 233 Å². The molecule has 114 heavy (non-hydrogen) atoms. The van der Waals surface area contributed by atoms with Gasteiger partial charge in [0.2, 0.25) is 11.9 Å². The van der Waals surface area contributed by atoms with Crippen molar-refractivity contribution in [3.8, 4) is 102 Å². The SMILES string of the molecule is c1ccc(-c2ccc3c(c2)c2ccccc2n3-c2ccc3c(c2)oc2cc(-c4nc(-c5ccc(-c6ccc7c(c6)c6ccccc6n7-c6nc(-c7ccccc7)nc(-c7ccc8c(c7)oc7cc(-n9c%10ccccc%10c%10c(-c%11ccccc%11)cccc%109)ccc78)n6)cc5)nc(-n5c6ccccc6c6ccccc65)n4)ccc23)cc1. The first-order chi connectivity index (χ1) is 56.5. The van der Waals surface area contributed by atoms with Gasteiger partial charge in [0.25, 0.3) is 0 Å². The lowest BCUT2D eigenvalue weighted by molar-refractivity contribution is 0.668. The van der Waals surface area contributed by atoms with E-state index in [1.54, 1.807) is 0 Å². The van der Waals surface area contributed by atoms with Crippen molar-refractivity contribution in [2.45, 2.75) is 0 Å². The molecule has 0 aliphatic carbocycles. The molecule has 0 radical (unpaired) electrons. The highest BCUT2D eigenvalue weighted by Crippen LogP contribution is 2.44. The van der Waals surface area contributed by atoms with E-state index < -0.39 is 0 Å². The second-order valence-electron chi connectivity index (χ2n) is 29.3. The zero-order valence-electron chi connectivity index (χ0n) is 60.9. The number of aromatic nitrogens is 10. The standard InChI is InChI=1S/C102H60N10O2/c1-4-21-61(22-5-1)66-45-53-89-82(55-66)75-29-12-15-33-84(75)109(89)70-47-51-79-77-50-44-69(58-92(77)113-94(79)59-70)100-104-98(106-101(107-100)111-85-34-16-10-27-73(85)74-28-11-17-35-86(74)111)65-41-39-62(40-42-65)67-46-54-90-83(56-67)76-30-13-18-36-87(76)112(90)102-105-97(64-25-8-3-9-26-64)103-99(108-102)68-43-49-78-80-52-48-71(60-95(80)114-93(78)57-68)110-88-37-19-14-31-81(88)96-72(32-20-38-91(96)110)63-23-6-2-7-24-63/h1-60H. The van der Waals surface area contributed by atoms with Gasteiger partial charge in [-0.2, -0.15) is 19.9 Å². The summed E-state index contributed by atoms with van der Waals surface area (Å²) in [5, 5.41) is 13.2. The molecule has 12 nitrogen and oxygen atoms in total. The van der Waals surface area contributed by atoms with Crippen molar-refractivity contribution < 1.29 is 8.83 Å². The Labute approximate surface area is 650 Å². The number of hydrogen-bond donors (Lipinski definition) is 0. The molecule has 12 heteroatoms. The van der Waals surface area contributed by atoms with E-state index in [0.29, 0.717) is 35.2 Å². The summed E-state index contributed by atoms with van der Waals surface area (Å²) in [5.41, 5.74) is 23.6. The fourth-order valence-corrected chi connectivity index (χ4v) is 17.7. The number of hydrogen-bond acceptors (Lipinski definition) is 8. The number of furan rings is 2. The van der Waals surface area contributed by atoms with Gasteiger partial charge in [-0.3, -0.25) is 9.13 Å². The molecule has 0 bridgehead atoms. The molecular formula is C102H60N10O2. The second-order valence-corrected chi connectivity index (χ2v) is 29.3. The van der Waals surface area contributed by atoms with Crippen molar-refractivity contribution in [2.24, 2.45) is 0 Å². The van der Waals surface area contributed by atoms with Crippen LogP contribution in [0.4, 0.5) is 0 Å². The molecule has 0 saturated heterocycles. The fraction of sp³-hybridized carbons (Fsp3) is 0. The molecule has 0 aliphatic heterocycles. The monoisotopic (exact) mass is 1460 g/mol. The first kappa shape index (κ1) is 63.3. The third-order valence-electron chi connectivity index (χ3n) is 22.9. The van der Waals surface area contributed by atoms with Crippen molar-refractivity contribution in [1.82, 2.24) is 48.2 Å². The number of benzene rings is 16. The summed E-state index contributed by atoms with van der Waals surface area (Å²) in [6.07, 6.45) is 0. The van der Waals surface area contributed by atoms with Crippen LogP contribution >= 0.6 is 0 Å². The van der Waals surface area contributed by atoms with Crippen molar-refractivity contribution in [1.29, 1.82) is 0 Å². The smallest absolute Gasteiger partial charge is 0.238 e. The molecule has 0 atom stereocenters. The summed E-state index contributed by atoms with van der Waals surface area (Å²) < 4.78 is 22.8. The number of rotatable bonds is 11. The van der Waals surface area contributed by atoms with Gasteiger partial charge in [0, 0.05) is 110 Å². The molecule has 0 unspecified atom stereocenters. The zero-order chi connectivity index (χ0) is 74.6. The predicted octanol–water partition coefficient (Wildman–Crippen LogP) is 25.9. The van der Waals surface area contributed by atoms with E-state index in [0.717, 1.165) is 154 Å². The minimum Gasteiger partial charge on any atom is -0.456 e. The quantitative estimate of drug-likeness (QED) is 0.125. The van der Waals surface area contributed by atoms with Crippen molar-refractivity contribution >= 4 is 131 Å². The average Bonchev–Trinajstić information content (AvgIpc) is 1.58. The Hall–Kier alpha value is -15.7. The first-order valence-electron chi connectivity index (χ1n) is 38.3. The Bertz CT molecular complexity index is 8060.